The van der Waals surface area contributed by atoms with Gasteiger partial charge in [-0.05, 0) is 37.8 Å². The first kappa shape index (κ1) is 16.7. The molecule has 1 atom stereocenters. The summed E-state index contributed by atoms with van der Waals surface area (Å²) in [6.07, 6.45) is 2.33. The summed E-state index contributed by atoms with van der Waals surface area (Å²) in [5.41, 5.74) is 1.40. The third-order valence-corrected chi connectivity index (χ3v) is 5.49. The molecule has 1 saturated heterocycles. The van der Waals surface area contributed by atoms with E-state index in [9.17, 15) is 13.2 Å². The van der Waals surface area contributed by atoms with Crippen LogP contribution in [0.3, 0.4) is 0 Å². The number of carbonyl (C=O) groups excluding carboxylic acids is 1. The van der Waals surface area contributed by atoms with E-state index in [-0.39, 0.29) is 16.4 Å². The van der Waals surface area contributed by atoms with Gasteiger partial charge in [0, 0.05) is 11.6 Å². The highest BCUT2D eigenvalue weighted by atomic mass is 32.2. The summed E-state index contributed by atoms with van der Waals surface area (Å²) in [7, 11) is -3.80. The van der Waals surface area contributed by atoms with Gasteiger partial charge in [0.25, 0.3) is 15.9 Å². The normalized spacial score (nSPS) is 21.7. The minimum absolute atomic E-state index is 0.158. The lowest BCUT2D eigenvalue weighted by molar-refractivity contribution is -0.121. The first-order valence-corrected chi connectivity index (χ1v) is 8.83. The van der Waals surface area contributed by atoms with Crippen LogP contribution in [0.4, 0.5) is 0 Å². The Morgan fingerprint density at radius 3 is 2.23 bits per heavy atom. The Morgan fingerprint density at radius 1 is 1.18 bits per heavy atom. The second-order valence-corrected chi connectivity index (χ2v) is 8.82. The maximum absolute atomic E-state index is 12.8. The van der Waals surface area contributed by atoms with Gasteiger partial charge in [0.15, 0.2) is 0 Å². The molecule has 0 saturated carbocycles. The van der Waals surface area contributed by atoms with Gasteiger partial charge in [0.05, 0.1) is 4.90 Å². The minimum Gasteiger partial charge on any atom is -0.268 e. The highest BCUT2D eigenvalue weighted by Crippen LogP contribution is 2.32. The molecule has 120 valence electrons. The maximum Gasteiger partial charge on any atom is 0.267 e. The summed E-state index contributed by atoms with van der Waals surface area (Å²) in [6, 6.07) is 6.23. The molecular weight excluding hydrogens is 298 g/mol. The molecular formula is C17H23NO3S. The van der Waals surface area contributed by atoms with Crippen molar-refractivity contribution in [2.45, 2.75) is 52.0 Å². The van der Waals surface area contributed by atoms with Crippen molar-refractivity contribution < 1.29 is 13.2 Å². The number of benzene rings is 1. The average Bonchev–Trinajstić information content (AvgIpc) is 2.63. The fourth-order valence-electron chi connectivity index (χ4n) is 2.64. The molecule has 1 unspecified atom stereocenters. The van der Waals surface area contributed by atoms with Crippen molar-refractivity contribution in [3.63, 3.8) is 0 Å². The van der Waals surface area contributed by atoms with E-state index in [1.54, 1.807) is 31.2 Å². The van der Waals surface area contributed by atoms with Gasteiger partial charge in [-0.25, -0.2) is 12.7 Å². The van der Waals surface area contributed by atoms with Crippen LogP contribution in [0.2, 0.25) is 0 Å². The van der Waals surface area contributed by atoms with Crippen LogP contribution in [0.1, 0.15) is 39.7 Å². The lowest BCUT2D eigenvalue weighted by Crippen LogP contribution is -2.37. The Balaban J connectivity index is 2.42. The van der Waals surface area contributed by atoms with E-state index in [0.717, 1.165) is 9.87 Å². The van der Waals surface area contributed by atoms with Crippen molar-refractivity contribution in [3.8, 4) is 0 Å². The van der Waals surface area contributed by atoms with Crippen molar-refractivity contribution in [1.82, 2.24) is 4.31 Å². The van der Waals surface area contributed by atoms with Gasteiger partial charge in [0.2, 0.25) is 0 Å². The Bertz CT molecular complexity index is 709. The molecule has 1 fully saturated rings. The zero-order valence-electron chi connectivity index (χ0n) is 13.8. The SMILES string of the molecule is Cc1ccc(S(=O)(=O)N2C(=O)/C(=C/C(C)(C)C)CC2C)cc1. The molecule has 0 bridgehead atoms. The monoisotopic (exact) mass is 321 g/mol. The molecule has 0 spiro atoms. The number of nitrogens with zero attached hydrogens (tertiary/aromatic N) is 1. The fraction of sp³-hybridized carbons (Fsp3) is 0.471. The van der Waals surface area contributed by atoms with Crippen LogP contribution >= 0.6 is 0 Å². The van der Waals surface area contributed by atoms with E-state index in [1.165, 1.54) is 0 Å². The molecule has 5 heteroatoms. The maximum atomic E-state index is 12.8. The van der Waals surface area contributed by atoms with Gasteiger partial charge >= 0.3 is 0 Å². The molecule has 0 radical (unpaired) electrons. The largest absolute Gasteiger partial charge is 0.268 e. The van der Waals surface area contributed by atoms with Crippen molar-refractivity contribution in [1.29, 1.82) is 0 Å². The van der Waals surface area contributed by atoms with E-state index < -0.39 is 15.9 Å². The molecule has 1 aromatic carbocycles. The summed E-state index contributed by atoms with van der Waals surface area (Å²) in [6.45, 7) is 9.65. The summed E-state index contributed by atoms with van der Waals surface area (Å²) in [4.78, 5) is 12.7. The van der Waals surface area contributed by atoms with Crippen LogP contribution in [0.25, 0.3) is 0 Å². The molecule has 1 aliphatic heterocycles. The number of hydrogen-bond donors (Lipinski definition) is 0. The molecule has 4 nitrogen and oxygen atoms in total. The molecule has 22 heavy (non-hydrogen) atoms. The number of carbonyl (C=O) groups is 1. The first-order valence-electron chi connectivity index (χ1n) is 7.39. The third kappa shape index (κ3) is 3.24. The molecule has 1 aliphatic rings. The number of hydrogen-bond acceptors (Lipinski definition) is 3. The van der Waals surface area contributed by atoms with Gasteiger partial charge < -0.3 is 0 Å². The van der Waals surface area contributed by atoms with Gasteiger partial charge in [-0.1, -0.05) is 44.5 Å². The zero-order chi connectivity index (χ0) is 16.7. The predicted molar refractivity (Wildman–Crippen MR) is 86.8 cm³/mol. The van der Waals surface area contributed by atoms with Crippen LogP contribution in [-0.2, 0) is 14.8 Å². The second-order valence-electron chi connectivity index (χ2n) is 7.01. The van der Waals surface area contributed by atoms with Crippen molar-refractivity contribution in [2.24, 2.45) is 5.41 Å². The van der Waals surface area contributed by atoms with E-state index in [0.29, 0.717) is 12.0 Å². The van der Waals surface area contributed by atoms with Crippen molar-refractivity contribution in [3.05, 3.63) is 41.5 Å². The van der Waals surface area contributed by atoms with Crippen molar-refractivity contribution >= 4 is 15.9 Å². The van der Waals surface area contributed by atoms with Crippen LogP contribution in [0.15, 0.2) is 40.8 Å². The molecule has 0 aliphatic carbocycles. The minimum atomic E-state index is -3.80. The predicted octanol–water partition coefficient (Wildman–Crippen LogP) is 3.28. The van der Waals surface area contributed by atoms with E-state index in [4.69, 9.17) is 0 Å². The second kappa shape index (κ2) is 5.54. The number of amides is 1. The lowest BCUT2D eigenvalue weighted by atomic mass is 9.92. The van der Waals surface area contributed by atoms with E-state index in [2.05, 4.69) is 0 Å². The van der Waals surface area contributed by atoms with Gasteiger partial charge in [-0.3, -0.25) is 4.79 Å². The zero-order valence-corrected chi connectivity index (χ0v) is 14.6. The molecule has 1 amide bonds. The van der Waals surface area contributed by atoms with Crippen LogP contribution in [0.5, 0.6) is 0 Å². The average molecular weight is 321 g/mol. The van der Waals surface area contributed by atoms with Crippen LogP contribution in [0, 0.1) is 12.3 Å². The molecule has 2 rings (SSSR count). The van der Waals surface area contributed by atoms with E-state index >= 15 is 0 Å². The summed E-state index contributed by atoms with van der Waals surface area (Å²) < 4.78 is 26.5. The Morgan fingerprint density at radius 2 is 1.73 bits per heavy atom. The number of allylic oxidation sites excluding steroid dienone is 1. The van der Waals surface area contributed by atoms with Gasteiger partial charge in [0.1, 0.15) is 0 Å². The third-order valence-electron chi connectivity index (χ3n) is 3.58. The van der Waals surface area contributed by atoms with E-state index in [1.807, 2.05) is 33.8 Å². The number of rotatable bonds is 2. The molecule has 1 heterocycles. The molecule has 0 aromatic heterocycles. The number of aryl methyl sites for hydroxylation is 1. The fourth-order valence-corrected chi connectivity index (χ4v) is 4.23. The number of sulfonamides is 1. The standard InChI is InChI=1S/C17H23NO3S/c1-12-6-8-15(9-7-12)22(20,21)18-13(2)10-14(16(18)19)11-17(3,4)5/h6-9,11,13H,10H2,1-5H3/b14-11+. The van der Waals surface area contributed by atoms with Crippen molar-refractivity contribution in [2.75, 3.05) is 0 Å². The molecule has 0 N–H and O–H groups in total. The Labute approximate surface area is 132 Å². The lowest BCUT2D eigenvalue weighted by Gasteiger charge is -2.21. The summed E-state index contributed by atoms with van der Waals surface area (Å²) in [5, 5.41) is 0. The smallest absolute Gasteiger partial charge is 0.267 e. The Hall–Kier alpha value is -1.62. The highest BCUT2D eigenvalue weighted by molar-refractivity contribution is 7.89. The summed E-state index contributed by atoms with van der Waals surface area (Å²) in [5.74, 6) is -0.400. The topological polar surface area (TPSA) is 54.5 Å². The first-order chi connectivity index (χ1) is 10.0. The van der Waals surface area contributed by atoms with Gasteiger partial charge in [-0.15, -0.1) is 0 Å². The van der Waals surface area contributed by atoms with Crippen LogP contribution in [-0.4, -0.2) is 24.7 Å². The summed E-state index contributed by atoms with van der Waals surface area (Å²) >= 11 is 0. The Kier molecular flexibility index (Phi) is 4.22. The van der Waals surface area contributed by atoms with Crippen LogP contribution < -0.4 is 0 Å². The quantitative estimate of drug-likeness (QED) is 0.786. The van der Waals surface area contributed by atoms with Gasteiger partial charge in [-0.2, -0.15) is 0 Å². The highest BCUT2D eigenvalue weighted by Gasteiger charge is 2.41. The molecule has 1 aromatic rings.